The standard InChI is InChI=1S/C32H36N4O5S/c1-4-32(5-2)19-27(38)36(31(33)35-32)29(22-12-9-14-24(17-22)42(3,40)41)21-11-8-13-23(16-21)30(39)34-28-25-15-7-6-10-20(25)18-26(28)37/h6-17,26,28-29,37H,4-5,18-19H2,1-3H3,(H2,33,35)(H,34,39)/t26-,28-,29+/m1/s1. The minimum atomic E-state index is -3.55. The summed E-state index contributed by atoms with van der Waals surface area (Å²) in [4.78, 5) is 28.7. The van der Waals surface area contributed by atoms with Gasteiger partial charge in [-0.2, -0.15) is 0 Å². The van der Waals surface area contributed by atoms with Gasteiger partial charge in [0.15, 0.2) is 15.8 Å². The number of amides is 2. The Kier molecular flexibility index (Phi) is 7.96. The number of aliphatic hydroxyl groups is 1. The topological polar surface area (TPSA) is 140 Å². The number of nitrogens with one attached hydrogen (secondary N) is 3. The van der Waals surface area contributed by atoms with Gasteiger partial charge in [-0.1, -0.05) is 62.4 Å². The Hall–Kier alpha value is -4.02. The fourth-order valence-corrected chi connectivity index (χ4v) is 6.71. The van der Waals surface area contributed by atoms with E-state index in [1.54, 1.807) is 36.4 Å². The van der Waals surface area contributed by atoms with Crippen LogP contribution in [-0.2, 0) is 21.1 Å². The highest BCUT2D eigenvalue weighted by Crippen LogP contribution is 2.36. The van der Waals surface area contributed by atoms with Gasteiger partial charge in [0, 0.05) is 23.8 Å². The van der Waals surface area contributed by atoms with Crippen molar-refractivity contribution in [3.63, 3.8) is 0 Å². The molecule has 3 atom stereocenters. The average Bonchev–Trinajstić information content (AvgIpc) is 3.29. The Bertz CT molecular complexity index is 1630. The van der Waals surface area contributed by atoms with E-state index in [0.29, 0.717) is 36.0 Å². The molecule has 5 rings (SSSR count). The molecule has 1 saturated heterocycles. The predicted molar refractivity (Wildman–Crippen MR) is 160 cm³/mol. The van der Waals surface area contributed by atoms with E-state index >= 15 is 0 Å². The fraction of sp³-hybridized carbons (Fsp3) is 0.344. The number of hydrogen-bond donors (Lipinski definition) is 4. The van der Waals surface area contributed by atoms with E-state index in [1.807, 2.05) is 38.1 Å². The van der Waals surface area contributed by atoms with Crippen molar-refractivity contribution in [2.75, 3.05) is 6.26 Å². The maximum atomic E-state index is 13.7. The maximum absolute atomic E-state index is 13.7. The summed E-state index contributed by atoms with van der Waals surface area (Å²) < 4.78 is 24.9. The van der Waals surface area contributed by atoms with Crippen molar-refractivity contribution in [3.8, 4) is 0 Å². The lowest BCUT2D eigenvalue weighted by Gasteiger charge is -2.45. The summed E-state index contributed by atoms with van der Waals surface area (Å²) in [6.45, 7) is 3.95. The number of carbonyl (C=O) groups is 2. The number of hydrogen-bond acceptors (Lipinski definition) is 6. The SMILES string of the molecule is CCC1(CC)CC(=O)N([C@@H](c2cccc(C(=O)N[C@@H]3c4ccccc4C[C@H]3O)c2)c2cccc(S(C)(=O)=O)c2)C(=N)N1. The van der Waals surface area contributed by atoms with Gasteiger partial charge in [0.05, 0.1) is 29.5 Å². The second kappa shape index (κ2) is 11.3. The molecule has 1 heterocycles. The monoisotopic (exact) mass is 588 g/mol. The Labute approximate surface area is 246 Å². The predicted octanol–water partition coefficient (Wildman–Crippen LogP) is 3.88. The Morgan fingerprint density at radius 1 is 1.07 bits per heavy atom. The fourth-order valence-electron chi connectivity index (χ4n) is 6.03. The second-order valence-corrected chi connectivity index (χ2v) is 13.2. The number of guanidine groups is 1. The van der Waals surface area contributed by atoms with Gasteiger partial charge in [0.2, 0.25) is 5.91 Å². The Balaban J connectivity index is 1.54. The lowest BCUT2D eigenvalue weighted by atomic mass is 9.85. The van der Waals surface area contributed by atoms with Crippen LogP contribution in [0.1, 0.15) is 77.8 Å². The lowest BCUT2D eigenvalue weighted by Crippen LogP contribution is -2.62. The number of aliphatic hydroxyl groups excluding tert-OH is 1. The molecule has 0 saturated carbocycles. The molecule has 1 aliphatic carbocycles. The number of benzene rings is 3. The molecular formula is C32H36N4O5S. The molecule has 0 spiro atoms. The van der Waals surface area contributed by atoms with Crippen LogP contribution in [0.2, 0.25) is 0 Å². The number of fused-ring (bicyclic) bond motifs is 1. The quantitative estimate of drug-likeness (QED) is 0.315. The van der Waals surface area contributed by atoms with Crippen LogP contribution in [0.3, 0.4) is 0 Å². The molecule has 42 heavy (non-hydrogen) atoms. The van der Waals surface area contributed by atoms with Gasteiger partial charge < -0.3 is 15.7 Å². The van der Waals surface area contributed by atoms with Gasteiger partial charge in [-0.3, -0.25) is 19.9 Å². The summed E-state index contributed by atoms with van der Waals surface area (Å²) >= 11 is 0. The third-order valence-electron chi connectivity index (χ3n) is 8.55. The van der Waals surface area contributed by atoms with Gasteiger partial charge >= 0.3 is 0 Å². The first-order valence-electron chi connectivity index (χ1n) is 14.1. The van der Waals surface area contributed by atoms with Gasteiger partial charge in [0.25, 0.3) is 5.91 Å². The summed E-state index contributed by atoms with van der Waals surface area (Å²) in [6.07, 6.45) is 2.30. The van der Waals surface area contributed by atoms with Crippen LogP contribution in [0, 0.1) is 5.41 Å². The first-order chi connectivity index (χ1) is 20.0. The minimum Gasteiger partial charge on any atom is -0.390 e. The van der Waals surface area contributed by atoms with Crippen LogP contribution in [0.4, 0.5) is 0 Å². The molecule has 2 aliphatic rings. The van der Waals surface area contributed by atoms with E-state index in [-0.39, 0.29) is 23.2 Å². The van der Waals surface area contributed by atoms with Gasteiger partial charge in [-0.05, 0) is 59.4 Å². The van der Waals surface area contributed by atoms with Crippen LogP contribution < -0.4 is 10.6 Å². The van der Waals surface area contributed by atoms with Crippen molar-refractivity contribution < 1.29 is 23.1 Å². The van der Waals surface area contributed by atoms with Crippen molar-refractivity contribution in [3.05, 3.63) is 101 Å². The van der Waals surface area contributed by atoms with E-state index in [0.717, 1.165) is 17.4 Å². The van der Waals surface area contributed by atoms with E-state index in [1.165, 1.54) is 17.0 Å². The van der Waals surface area contributed by atoms with E-state index in [9.17, 15) is 23.1 Å². The molecule has 4 N–H and O–H groups in total. The zero-order valence-corrected chi connectivity index (χ0v) is 24.7. The summed E-state index contributed by atoms with van der Waals surface area (Å²) in [7, 11) is -3.55. The molecule has 2 amide bonds. The number of nitrogens with zero attached hydrogens (tertiary/aromatic N) is 1. The molecule has 0 unspecified atom stereocenters. The van der Waals surface area contributed by atoms with Crippen molar-refractivity contribution in [2.24, 2.45) is 0 Å². The van der Waals surface area contributed by atoms with Gasteiger partial charge in [-0.25, -0.2) is 8.42 Å². The summed E-state index contributed by atoms with van der Waals surface area (Å²) in [5, 5.41) is 25.7. The number of carbonyl (C=O) groups excluding carboxylic acids is 2. The minimum absolute atomic E-state index is 0.0785. The summed E-state index contributed by atoms with van der Waals surface area (Å²) in [5.41, 5.74) is 2.67. The second-order valence-electron chi connectivity index (χ2n) is 11.2. The summed E-state index contributed by atoms with van der Waals surface area (Å²) in [6, 6.07) is 19.3. The normalized spacial score (nSPS) is 20.5. The van der Waals surface area contributed by atoms with Crippen LogP contribution in [0.25, 0.3) is 0 Å². The number of sulfone groups is 1. The zero-order chi connectivity index (χ0) is 30.2. The first kappa shape index (κ1) is 29.5. The van der Waals surface area contributed by atoms with Gasteiger partial charge in [0.1, 0.15) is 0 Å². The van der Waals surface area contributed by atoms with E-state index < -0.39 is 39.5 Å². The van der Waals surface area contributed by atoms with Crippen LogP contribution >= 0.6 is 0 Å². The van der Waals surface area contributed by atoms with Crippen LogP contribution in [0.15, 0.2) is 77.7 Å². The Morgan fingerprint density at radius 2 is 1.74 bits per heavy atom. The summed E-state index contributed by atoms with van der Waals surface area (Å²) in [5.74, 6) is -0.738. The molecule has 3 aromatic carbocycles. The van der Waals surface area contributed by atoms with Crippen molar-refractivity contribution in [2.45, 2.75) is 68.2 Å². The first-order valence-corrected chi connectivity index (χ1v) is 16.0. The van der Waals surface area contributed by atoms with Crippen molar-refractivity contribution in [1.82, 2.24) is 15.5 Å². The molecular weight excluding hydrogens is 552 g/mol. The Morgan fingerprint density at radius 3 is 2.40 bits per heavy atom. The van der Waals surface area contributed by atoms with Crippen molar-refractivity contribution >= 4 is 27.6 Å². The third kappa shape index (κ3) is 5.56. The lowest BCUT2D eigenvalue weighted by molar-refractivity contribution is -0.132. The van der Waals surface area contributed by atoms with E-state index in [4.69, 9.17) is 5.41 Å². The molecule has 9 nitrogen and oxygen atoms in total. The molecule has 1 fully saturated rings. The molecule has 220 valence electrons. The van der Waals surface area contributed by atoms with Crippen LogP contribution in [-0.4, -0.2) is 54.1 Å². The maximum Gasteiger partial charge on any atom is 0.251 e. The molecule has 0 radical (unpaired) electrons. The number of rotatable bonds is 8. The molecule has 0 aromatic heterocycles. The highest BCUT2D eigenvalue weighted by atomic mass is 32.2. The molecule has 10 heteroatoms. The van der Waals surface area contributed by atoms with Crippen LogP contribution in [0.5, 0.6) is 0 Å². The molecule has 0 bridgehead atoms. The highest BCUT2D eigenvalue weighted by molar-refractivity contribution is 7.90. The van der Waals surface area contributed by atoms with E-state index in [2.05, 4.69) is 10.6 Å². The zero-order valence-electron chi connectivity index (χ0n) is 23.9. The smallest absolute Gasteiger partial charge is 0.251 e. The van der Waals surface area contributed by atoms with Gasteiger partial charge in [-0.15, -0.1) is 0 Å². The molecule has 3 aromatic rings. The average molecular weight is 589 g/mol. The molecule has 1 aliphatic heterocycles. The van der Waals surface area contributed by atoms with Crippen molar-refractivity contribution in [1.29, 1.82) is 5.41 Å². The largest absolute Gasteiger partial charge is 0.390 e. The highest BCUT2D eigenvalue weighted by Gasteiger charge is 2.43. The third-order valence-corrected chi connectivity index (χ3v) is 9.66.